The van der Waals surface area contributed by atoms with Gasteiger partial charge in [0.25, 0.3) is 0 Å². The van der Waals surface area contributed by atoms with Crippen LogP contribution in [0.3, 0.4) is 0 Å². The molecule has 0 N–H and O–H groups in total. The third-order valence-corrected chi connectivity index (χ3v) is 3.56. The Morgan fingerprint density at radius 3 is 3.00 bits per heavy atom. The summed E-state index contributed by atoms with van der Waals surface area (Å²) in [6, 6.07) is 7.93. The fourth-order valence-corrected chi connectivity index (χ4v) is 2.69. The molecule has 17 heavy (non-hydrogen) atoms. The molecule has 0 atom stereocenters. The molecule has 90 valence electrons. The van der Waals surface area contributed by atoms with Gasteiger partial charge >= 0.3 is 0 Å². The van der Waals surface area contributed by atoms with Gasteiger partial charge in [0.05, 0.1) is 6.61 Å². The summed E-state index contributed by atoms with van der Waals surface area (Å²) >= 11 is 1.62. The van der Waals surface area contributed by atoms with Crippen molar-refractivity contribution in [2.45, 2.75) is 19.8 Å². The van der Waals surface area contributed by atoms with Crippen molar-refractivity contribution >= 4 is 27.2 Å². The maximum atomic E-state index is 12.0. The fourth-order valence-electron chi connectivity index (χ4n) is 1.76. The van der Waals surface area contributed by atoms with E-state index in [-0.39, 0.29) is 5.78 Å². The van der Waals surface area contributed by atoms with Crippen LogP contribution < -0.4 is 0 Å². The van der Waals surface area contributed by atoms with Crippen LogP contribution in [0.1, 0.15) is 30.1 Å². The van der Waals surface area contributed by atoms with Gasteiger partial charge in [-0.25, -0.2) is 0 Å². The number of ketones is 1. The Morgan fingerprint density at radius 1 is 1.29 bits per heavy atom. The minimum atomic E-state index is 0.175. The standard InChI is InChI=1S/C14H16O2S/c1-2-8-16-9-6-13(15)12-5-3-4-11-7-10-17-14(11)12/h3-5,7,10H,2,6,8-9H2,1H3. The maximum Gasteiger partial charge on any atom is 0.166 e. The first-order chi connectivity index (χ1) is 8.33. The fraction of sp³-hybridized carbons (Fsp3) is 0.357. The van der Waals surface area contributed by atoms with Gasteiger partial charge in [-0.15, -0.1) is 11.3 Å². The van der Waals surface area contributed by atoms with Gasteiger partial charge in [-0.05, 0) is 29.3 Å². The highest BCUT2D eigenvalue weighted by molar-refractivity contribution is 7.17. The quantitative estimate of drug-likeness (QED) is 0.572. The molecular formula is C14H16O2S. The molecule has 2 rings (SSSR count). The van der Waals surface area contributed by atoms with E-state index in [1.165, 1.54) is 0 Å². The van der Waals surface area contributed by atoms with Crippen molar-refractivity contribution in [1.29, 1.82) is 0 Å². The lowest BCUT2D eigenvalue weighted by Crippen LogP contribution is -2.05. The molecule has 2 nitrogen and oxygen atoms in total. The van der Waals surface area contributed by atoms with Gasteiger partial charge in [-0.3, -0.25) is 4.79 Å². The molecule has 1 aromatic carbocycles. The van der Waals surface area contributed by atoms with E-state index in [0.717, 1.165) is 28.7 Å². The Labute approximate surface area is 105 Å². The normalized spacial score (nSPS) is 10.9. The molecule has 0 bridgehead atoms. The molecule has 1 aromatic heterocycles. The molecule has 0 aliphatic rings. The summed E-state index contributed by atoms with van der Waals surface area (Å²) in [7, 11) is 0. The van der Waals surface area contributed by atoms with Gasteiger partial charge < -0.3 is 4.74 Å². The van der Waals surface area contributed by atoms with Crippen LogP contribution in [0.4, 0.5) is 0 Å². The highest BCUT2D eigenvalue weighted by Gasteiger charge is 2.10. The number of rotatable bonds is 6. The van der Waals surface area contributed by atoms with E-state index in [1.807, 2.05) is 29.6 Å². The van der Waals surface area contributed by atoms with E-state index >= 15 is 0 Å². The zero-order chi connectivity index (χ0) is 12.1. The number of carbonyl (C=O) groups excluding carboxylic acids is 1. The maximum absolute atomic E-state index is 12.0. The van der Waals surface area contributed by atoms with E-state index in [4.69, 9.17) is 4.74 Å². The predicted octanol–water partition coefficient (Wildman–Crippen LogP) is 3.90. The average Bonchev–Trinajstić information content (AvgIpc) is 2.82. The zero-order valence-corrected chi connectivity index (χ0v) is 10.8. The summed E-state index contributed by atoms with van der Waals surface area (Å²) in [4.78, 5) is 12.0. The lowest BCUT2D eigenvalue weighted by atomic mass is 10.1. The Bertz CT molecular complexity index is 502. The van der Waals surface area contributed by atoms with Crippen LogP contribution in [0, 0.1) is 0 Å². The summed E-state index contributed by atoms with van der Waals surface area (Å²) in [5, 5.41) is 3.17. The van der Waals surface area contributed by atoms with Crippen molar-refractivity contribution < 1.29 is 9.53 Å². The van der Waals surface area contributed by atoms with Gasteiger partial charge in [0.1, 0.15) is 0 Å². The number of Topliss-reactive ketones (excluding diaryl/α,β-unsaturated/α-hetero) is 1. The van der Waals surface area contributed by atoms with Crippen molar-refractivity contribution in [3.8, 4) is 0 Å². The van der Waals surface area contributed by atoms with Crippen molar-refractivity contribution in [2.75, 3.05) is 13.2 Å². The summed E-state index contributed by atoms with van der Waals surface area (Å²) in [6.07, 6.45) is 1.46. The molecule has 0 aliphatic heterocycles. The Morgan fingerprint density at radius 2 is 2.18 bits per heavy atom. The van der Waals surface area contributed by atoms with Crippen molar-refractivity contribution in [1.82, 2.24) is 0 Å². The van der Waals surface area contributed by atoms with Gasteiger partial charge in [-0.2, -0.15) is 0 Å². The molecule has 2 aromatic rings. The zero-order valence-electron chi connectivity index (χ0n) is 9.94. The smallest absolute Gasteiger partial charge is 0.166 e. The number of fused-ring (bicyclic) bond motifs is 1. The highest BCUT2D eigenvalue weighted by atomic mass is 32.1. The van der Waals surface area contributed by atoms with Gasteiger partial charge in [0.2, 0.25) is 0 Å². The van der Waals surface area contributed by atoms with E-state index in [9.17, 15) is 4.79 Å². The van der Waals surface area contributed by atoms with Crippen molar-refractivity contribution in [2.24, 2.45) is 0 Å². The summed E-state index contributed by atoms with van der Waals surface area (Å²) < 4.78 is 6.44. The van der Waals surface area contributed by atoms with E-state index < -0.39 is 0 Å². The van der Waals surface area contributed by atoms with Crippen molar-refractivity contribution in [3.05, 3.63) is 35.2 Å². The lowest BCUT2D eigenvalue weighted by Gasteiger charge is -2.03. The van der Waals surface area contributed by atoms with Crippen LogP contribution in [0.15, 0.2) is 29.6 Å². The monoisotopic (exact) mass is 248 g/mol. The Hall–Kier alpha value is -1.19. The predicted molar refractivity (Wildman–Crippen MR) is 71.9 cm³/mol. The van der Waals surface area contributed by atoms with Crippen LogP contribution in [0.25, 0.3) is 10.1 Å². The van der Waals surface area contributed by atoms with E-state index in [1.54, 1.807) is 11.3 Å². The first-order valence-electron chi connectivity index (χ1n) is 5.90. The Balaban J connectivity index is 2.06. The second-order valence-electron chi connectivity index (χ2n) is 3.93. The second kappa shape index (κ2) is 5.94. The molecule has 0 saturated carbocycles. The summed E-state index contributed by atoms with van der Waals surface area (Å²) in [5.74, 6) is 0.175. The van der Waals surface area contributed by atoms with E-state index in [2.05, 4.69) is 6.92 Å². The molecule has 0 fully saturated rings. The summed E-state index contributed by atoms with van der Waals surface area (Å²) in [5.41, 5.74) is 0.831. The highest BCUT2D eigenvalue weighted by Crippen LogP contribution is 2.25. The number of hydrogen-bond donors (Lipinski definition) is 0. The summed E-state index contributed by atoms with van der Waals surface area (Å²) in [6.45, 7) is 3.32. The molecule has 0 aliphatic carbocycles. The minimum absolute atomic E-state index is 0.175. The van der Waals surface area contributed by atoms with Crippen LogP contribution in [-0.4, -0.2) is 19.0 Å². The first kappa shape index (κ1) is 12.3. The number of thiophene rings is 1. The number of hydrogen-bond acceptors (Lipinski definition) is 3. The van der Waals surface area contributed by atoms with Gasteiger partial charge in [0.15, 0.2) is 5.78 Å². The second-order valence-corrected chi connectivity index (χ2v) is 4.85. The van der Waals surface area contributed by atoms with Crippen LogP contribution in [0.5, 0.6) is 0 Å². The van der Waals surface area contributed by atoms with Gasteiger partial charge in [0, 0.05) is 23.3 Å². The SMILES string of the molecule is CCCOCCC(=O)c1cccc2ccsc12. The topological polar surface area (TPSA) is 26.3 Å². The van der Waals surface area contributed by atoms with Crippen LogP contribution in [0.2, 0.25) is 0 Å². The lowest BCUT2D eigenvalue weighted by molar-refractivity contribution is 0.0880. The first-order valence-corrected chi connectivity index (χ1v) is 6.78. The molecule has 3 heteroatoms. The molecule has 1 heterocycles. The average molecular weight is 248 g/mol. The molecule has 0 radical (unpaired) electrons. The molecule has 0 saturated heterocycles. The molecule has 0 spiro atoms. The number of ether oxygens (including phenoxy) is 1. The van der Waals surface area contributed by atoms with Crippen molar-refractivity contribution in [3.63, 3.8) is 0 Å². The van der Waals surface area contributed by atoms with Crippen LogP contribution in [-0.2, 0) is 4.74 Å². The minimum Gasteiger partial charge on any atom is -0.381 e. The number of carbonyl (C=O) groups is 1. The Kier molecular flexibility index (Phi) is 4.29. The van der Waals surface area contributed by atoms with E-state index in [0.29, 0.717) is 13.0 Å². The third-order valence-electron chi connectivity index (χ3n) is 2.60. The van der Waals surface area contributed by atoms with Crippen LogP contribution >= 0.6 is 11.3 Å². The molecule has 0 amide bonds. The molecule has 0 unspecified atom stereocenters. The van der Waals surface area contributed by atoms with Gasteiger partial charge in [-0.1, -0.05) is 19.1 Å². The number of benzene rings is 1. The third kappa shape index (κ3) is 2.93. The largest absolute Gasteiger partial charge is 0.381 e. The molecular weight excluding hydrogens is 232 g/mol.